The fourth-order valence-electron chi connectivity index (χ4n) is 3.25. The average molecular weight is 367 g/mol. The molecule has 1 aliphatic heterocycles. The van der Waals surface area contributed by atoms with E-state index in [4.69, 9.17) is 4.74 Å². The van der Waals surface area contributed by atoms with Gasteiger partial charge in [-0.15, -0.1) is 0 Å². The monoisotopic (exact) mass is 367 g/mol. The Morgan fingerprint density at radius 2 is 2.04 bits per heavy atom. The molecule has 6 nitrogen and oxygen atoms in total. The molecule has 27 heavy (non-hydrogen) atoms. The number of morpholine rings is 1. The van der Waals surface area contributed by atoms with Crippen LogP contribution in [0.1, 0.15) is 31.0 Å². The van der Waals surface area contributed by atoms with Crippen LogP contribution in [0, 0.1) is 5.92 Å². The lowest BCUT2D eigenvalue weighted by Crippen LogP contribution is -2.53. The van der Waals surface area contributed by atoms with Crippen molar-refractivity contribution in [3.8, 4) is 0 Å². The molecule has 1 aromatic carbocycles. The molecule has 6 heteroatoms. The summed E-state index contributed by atoms with van der Waals surface area (Å²) in [6, 6.07) is 12.8. The van der Waals surface area contributed by atoms with Crippen LogP contribution in [0.2, 0.25) is 0 Å². The number of carbonyl (C=O) groups excluding carboxylic acids is 2. The van der Waals surface area contributed by atoms with Crippen LogP contribution in [0.5, 0.6) is 0 Å². The summed E-state index contributed by atoms with van der Waals surface area (Å²) in [6.45, 7) is 5.09. The second-order valence-electron chi connectivity index (χ2n) is 7.16. The predicted molar refractivity (Wildman–Crippen MR) is 102 cm³/mol. The fourth-order valence-corrected chi connectivity index (χ4v) is 3.25. The molecule has 142 valence electrons. The number of nitrogens with zero attached hydrogens (tertiary/aromatic N) is 2. The molecule has 1 N–H and O–H groups in total. The summed E-state index contributed by atoms with van der Waals surface area (Å²) >= 11 is 0. The minimum absolute atomic E-state index is 0.109. The first-order chi connectivity index (χ1) is 13.0. The number of carbonyl (C=O) groups is 2. The molecule has 2 heterocycles. The quantitative estimate of drug-likeness (QED) is 0.851. The second-order valence-corrected chi connectivity index (χ2v) is 7.16. The van der Waals surface area contributed by atoms with Gasteiger partial charge >= 0.3 is 0 Å². The molecule has 2 amide bonds. The molecule has 2 aromatic rings. The zero-order valence-corrected chi connectivity index (χ0v) is 15.7. The van der Waals surface area contributed by atoms with Gasteiger partial charge in [-0.3, -0.25) is 14.6 Å². The molecule has 1 aromatic heterocycles. The van der Waals surface area contributed by atoms with Crippen molar-refractivity contribution in [2.45, 2.75) is 32.5 Å². The van der Waals surface area contributed by atoms with Gasteiger partial charge in [0.25, 0.3) is 5.91 Å². The Balaban J connectivity index is 1.84. The smallest absolute Gasteiger partial charge is 0.254 e. The van der Waals surface area contributed by atoms with E-state index in [1.807, 2.05) is 42.5 Å². The molecule has 0 spiro atoms. The highest BCUT2D eigenvalue weighted by Gasteiger charge is 2.38. The number of benzene rings is 1. The number of hydrogen-bond acceptors (Lipinski definition) is 4. The lowest BCUT2D eigenvalue weighted by atomic mass is 9.98. The number of aromatic nitrogens is 1. The van der Waals surface area contributed by atoms with Gasteiger partial charge in [0.05, 0.1) is 6.04 Å². The minimum atomic E-state index is -0.750. The topological polar surface area (TPSA) is 71.5 Å². The summed E-state index contributed by atoms with van der Waals surface area (Å²) in [5.74, 6) is -0.0315. The first-order valence-electron chi connectivity index (χ1n) is 9.18. The summed E-state index contributed by atoms with van der Waals surface area (Å²) in [5.41, 5.74) is 1.82. The van der Waals surface area contributed by atoms with E-state index in [9.17, 15) is 9.59 Å². The van der Waals surface area contributed by atoms with Crippen molar-refractivity contribution in [1.29, 1.82) is 0 Å². The number of pyridine rings is 1. The third-order valence-electron chi connectivity index (χ3n) is 4.41. The molecule has 1 saturated heterocycles. The Hall–Kier alpha value is -2.73. The standard InChI is InChI=1S/C21H25N3O3/c1-15(2)12-24(13-16-7-6-10-22-11-16)21(26)20-19(23-18(25)14-27-20)17-8-4-3-5-9-17/h3-11,15,19-20H,12-14H2,1-2H3,(H,23,25)/t19-,20+/m1/s1. The number of ether oxygens (including phenoxy) is 1. The summed E-state index contributed by atoms with van der Waals surface area (Å²) in [7, 11) is 0. The molecule has 1 fully saturated rings. The van der Waals surface area contributed by atoms with Crippen LogP contribution in [0.25, 0.3) is 0 Å². The summed E-state index contributed by atoms with van der Waals surface area (Å²) in [6.07, 6.45) is 2.72. The van der Waals surface area contributed by atoms with Gasteiger partial charge in [-0.1, -0.05) is 50.2 Å². The molecule has 0 saturated carbocycles. The van der Waals surface area contributed by atoms with E-state index < -0.39 is 12.1 Å². The maximum absolute atomic E-state index is 13.4. The Labute approximate surface area is 159 Å². The lowest BCUT2D eigenvalue weighted by Gasteiger charge is -2.36. The van der Waals surface area contributed by atoms with Crippen molar-refractivity contribution in [3.63, 3.8) is 0 Å². The van der Waals surface area contributed by atoms with Crippen LogP contribution < -0.4 is 5.32 Å². The van der Waals surface area contributed by atoms with Crippen LogP contribution in [-0.4, -0.2) is 41.0 Å². The molecule has 0 bridgehead atoms. The SMILES string of the molecule is CC(C)CN(Cc1cccnc1)C(=O)[C@H]1OCC(=O)N[C@@H]1c1ccccc1. The number of rotatable bonds is 6. The third-order valence-corrected chi connectivity index (χ3v) is 4.41. The van der Waals surface area contributed by atoms with Gasteiger partial charge in [-0.25, -0.2) is 0 Å². The van der Waals surface area contributed by atoms with E-state index in [1.165, 1.54) is 0 Å². The lowest BCUT2D eigenvalue weighted by molar-refractivity contribution is -0.156. The zero-order valence-electron chi connectivity index (χ0n) is 15.7. The highest BCUT2D eigenvalue weighted by molar-refractivity contribution is 5.86. The summed E-state index contributed by atoms with van der Waals surface area (Å²) in [5, 5.41) is 2.91. The van der Waals surface area contributed by atoms with Crippen LogP contribution in [0.3, 0.4) is 0 Å². The van der Waals surface area contributed by atoms with Gasteiger partial charge in [0.2, 0.25) is 5.91 Å². The van der Waals surface area contributed by atoms with Crippen LogP contribution in [0.15, 0.2) is 54.9 Å². The van der Waals surface area contributed by atoms with Crippen LogP contribution >= 0.6 is 0 Å². The van der Waals surface area contributed by atoms with E-state index >= 15 is 0 Å². The molecular weight excluding hydrogens is 342 g/mol. The highest BCUT2D eigenvalue weighted by atomic mass is 16.5. The maximum Gasteiger partial charge on any atom is 0.254 e. The van der Waals surface area contributed by atoms with E-state index in [0.717, 1.165) is 11.1 Å². The molecule has 0 unspecified atom stereocenters. The first-order valence-corrected chi connectivity index (χ1v) is 9.18. The Morgan fingerprint density at radius 1 is 1.26 bits per heavy atom. The third kappa shape index (κ3) is 4.92. The van der Waals surface area contributed by atoms with E-state index in [-0.39, 0.29) is 18.4 Å². The number of amides is 2. The van der Waals surface area contributed by atoms with Crippen molar-refractivity contribution < 1.29 is 14.3 Å². The van der Waals surface area contributed by atoms with Gasteiger partial charge in [0.1, 0.15) is 6.61 Å². The van der Waals surface area contributed by atoms with Crippen molar-refractivity contribution in [2.75, 3.05) is 13.2 Å². The van der Waals surface area contributed by atoms with Gasteiger partial charge in [-0.2, -0.15) is 0 Å². The van der Waals surface area contributed by atoms with E-state index in [2.05, 4.69) is 24.1 Å². The summed E-state index contributed by atoms with van der Waals surface area (Å²) < 4.78 is 5.70. The van der Waals surface area contributed by atoms with Gasteiger partial charge in [0.15, 0.2) is 6.10 Å². The normalized spacial score (nSPS) is 19.6. The first kappa shape index (κ1) is 19.0. The number of nitrogens with one attached hydrogen (secondary N) is 1. The summed E-state index contributed by atoms with van der Waals surface area (Å²) in [4.78, 5) is 31.2. The van der Waals surface area contributed by atoms with Crippen LogP contribution in [-0.2, 0) is 20.9 Å². The highest BCUT2D eigenvalue weighted by Crippen LogP contribution is 2.25. The van der Waals surface area contributed by atoms with Crippen molar-refractivity contribution in [3.05, 3.63) is 66.0 Å². The van der Waals surface area contributed by atoms with Crippen molar-refractivity contribution in [1.82, 2.24) is 15.2 Å². The Morgan fingerprint density at radius 3 is 2.70 bits per heavy atom. The van der Waals surface area contributed by atoms with Gasteiger partial charge < -0.3 is 15.0 Å². The van der Waals surface area contributed by atoms with Crippen molar-refractivity contribution >= 4 is 11.8 Å². The molecule has 0 aliphatic carbocycles. The van der Waals surface area contributed by atoms with E-state index in [1.54, 1.807) is 17.3 Å². The Bertz CT molecular complexity index is 765. The zero-order chi connectivity index (χ0) is 19.2. The molecule has 3 rings (SSSR count). The van der Waals surface area contributed by atoms with Crippen LogP contribution in [0.4, 0.5) is 0 Å². The molecule has 2 atom stereocenters. The number of hydrogen-bond donors (Lipinski definition) is 1. The van der Waals surface area contributed by atoms with Gasteiger partial charge in [0, 0.05) is 25.5 Å². The van der Waals surface area contributed by atoms with Gasteiger partial charge in [-0.05, 0) is 23.1 Å². The van der Waals surface area contributed by atoms with E-state index in [0.29, 0.717) is 19.0 Å². The predicted octanol–water partition coefficient (Wildman–Crippen LogP) is 2.32. The average Bonchev–Trinajstić information content (AvgIpc) is 2.68. The largest absolute Gasteiger partial charge is 0.356 e. The Kier molecular flexibility index (Phi) is 6.19. The molecule has 0 radical (unpaired) electrons. The second kappa shape index (κ2) is 8.77. The minimum Gasteiger partial charge on any atom is -0.356 e. The fraction of sp³-hybridized carbons (Fsp3) is 0.381. The molecule has 1 aliphatic rings. The van der Waals surface area contributed by atoms with Crippen molar-refractivity contribution in [2.24, 2.45) is 5.92 Å². The molecular formula is C21H25N3O3. The maximum atomic E-state index is 13.4.